The summed E-state index contributed by atoms with van der Waals surface area (Å²) >= 11 is 0. The van der Waals surface area contributed by atoms with Gasteiger partial charge in [-0.15, -0.1) is 0 Å². The Morgan fingerprint density at radius 2 is 1.97 bits per heavy atom. The number of aromatic nitrogens is 5. The van der Waals surface area contributed by atoms with Gasteiger partial charge in [-0.3, -0.25) is 9.67 Å². The average molecular weight is 443 g/mol. The van der Waals surface area contributed by atoms with Gasteiger partial charge in [0.05, 0.1) is 22.3 Å². The number of anilines is 1. The van der Waals surface area contributed by atoms with Gasteiger partial charge in [-0.25, -0.2) is 9.97 Å². The molecule has 0 unspecified atom stereocenters. The molecule has 3 aromatic heterocycles. The summed E-state index contributed by atoms with van der Waals surface area (Å²) in [6, 6.07) is 12.4. The van der Waals surface area contributed by atoms with E-state index in [2.05, 4.69) is 56.3 Å². The summed E-state index contributed by atoms with van der Waals surface area (Å²) < 4.78 is 1.96. The van der Waals surface area contributed by atoms with Crippen LogP contribution in [0.15, 0.2) is 36.7 Å². The molecule has 1 fully saturated rings. The fourth-order valence-corrected chi connectivity index (χ4v) is 4.40. The topological polar surface area (TPSA) is 110 Å². The minimum atomic E-state index is -0.00408. The Morgan fingerprint density at radius 1 is 1.15 bits per heavy atom. The van der Waals surface area contributed by atoms with E-state index in [-0.39, 0.29) is 6.61 Å². The van der Waals surface area contributed by atoms with Gasteiger partial charge in [0, 0.05) is 44.2 Å². The molecule has 5 rings (SSSR count). The van der Waals surface area contributed by atoms with Crippen LogP contribution >= 0.6 is 0 Å². The SMILES string of the molecule is Cc1[nH]nc(C#N)c1-c1nc(-n2cnc3cc(N4CCN(C)CC4)ccc32)ccc1CCO. The molecule has 0 saturated carbocycles. The molecule has 0 amide bonds. The molecule has 2 N–H and O–H groups in total. The van der Waals surface area contributed by atoms with Crippen LogP contribution in [0.4, 0.5) is 5.69 Å². The van der Waals surface area contributed by atoms with Crippen molar-refractivity contribution < 1.29 is 5.11 Å². The molecule has 4 heterocycles. The third-order valence-electron chi connectivity index (χ3n) is 6.28. The van der Waals surface area contributed by atoms with E-state index < -0.39 is 0 Å². The number of aromatic amines is 1. The van der Waals surface area contributed by atoms with Crippen molar-refractivity contribution in [1.29, 1.82) is 5.26 Å². The second kappa shape index (κ2) is 8.65. The van der Waals surface area contributed by atoms with Gasteiger partial charge in [0.25, 0.3) is 0 Å². The highest BCUT2D eigenvalue weighted by atomic mass is 16.2. The Bertz CT molecular complexity index is 1340. The van der Waals surface area contributed by atoms with Gasteiger partial charge in [-0.05, 0) is 50.2 Å². The number of aliphatic hydroxyl groups excluding tert-OH is 1. The molecule has 0 aliphatic carbocycles. The minimum absolute atomic E-state index is 0.00408. The van der Waals surface area contributed by atoms with Crippen molar-refractivity contribution >= 4 is 16.7 Å². The number of aliphatic hydroxyl groups is 1. The minimum Gasteiger partial charge on any atom is -0.396 e. The van der Waals surface area contributed by atoms with Gasteiger partial charge >= 0.3 is 0 Å². The lowest BCUT2D eigenvalue weighted by Crippen LogP contribution is -2.44. The molecule has 0 spiro atoms. The van der Waals surface area contributed by atoms with Crippen molar-refractivity contribution in [2.45, 2.75) is 13.3 Å². The molecule has 1 aliphatic rings. The Morgan fingerprint density at radius 3 is 2.73 bits per heavy atom. The number of nitrogens with one attached hydrogen (secondary N) is 1. The number of hydrogen-bond donors (Lipinski definition) is 2. The number of H-pyrrole nitrogens is 1. The number of nitrogens with zero attached hydrogens (tertiary/aromatic N) is 7. The van der Waals surface area contributed by atoms with Gasteiger partial charge < -0.3 is 14.9 Å². The van der Waals surface area contributed by atoms with Crippen molar-refractivity contribution in [3.63, 3.8) is 0 Å². The monoisotopic (exact) mass is 442 g/mol. The largest absolute Gasteiger partial charge is 0.396 e. The second-order valence-corrected chi connectivity index (χ2v) is 8.41. The van der Waals surface area contributed by atoms with E-state index >= 15 is 0 Å². The van der Waals surface area contributed by atoms with Gasteiger partial charge in [0.2, 0.25) is 0 Å². The van der Waals surface area contributed by atoms with Crippen LogP contribution in [-0.2, 0) is 6.42 Å². The zero-order valence-electron chi connectivity index (χ0n) is 18.8. The fourth-order valence-electron chi connectivity index (χ4n) is 4.40. The number of benzene rings is 1. The van der Waals surface area contributed by atoms with E-state index in [0.717, 1.165) is 48.5 Å². The number of piperazine rings is 1. The number of pyridine rings is 1. The summed E-state index contributed by atoms with van der Waals surface area (Å²) in [5.74, 6) is 0.700. The van der Waals surface area contributed by atoms with E-state index in [9.17, 15) is 10.4 Å². The van der Waals surface area contributed by atoms with Crippen LogP contribution in [0, 0.1) is 18.3 Å². The molecule has 33 heavy (non-hydrogen) atoms. The Hall–Kier alpha value is -3.74. The zero-order chi connectivity index (χ0) is 22.9. The summed E-state index contributed by atoms with van der Waals surface area (Å²) in [5.41, 5.74) is 6.30. The maximum atomic E-state index is 9.54. The Labute approximate surface area is 191 Å². The maximum Gasteiger partial charge on any atom is 0.171 e. The summed E-state index contributed by atoms with van der Waals surface area (Å²) in [6.45, 7) is 5.98. The molecule has 168 valence electrons. The number of nitriles is 1. The highest BCUT2D eigenvalue weighted by Crippen LogP contribution is 2.30. The van der Waals surface area contributed by atoms with Crippen molar-refractivity contribution in [2.75, 3.05) is 44.7 Å². The van der Waals surface area contributed by atoms with Crippen LogP contribution in [0.25, 0.3) is 28.1 Å². The highest BCUT2D eigenvalue weighted by Gasteiger charge is 2.19. The molecule has 0 bridgehead atoms. The Balaban J connectivity index is 1.56. The van der Waals surface area contributed by atoms with Crippen molar-refractivity contribution in [2.24, 2.45) is 0 Å². The van der Waals surface area contributed by atoms with Crippen molar-refractivity contribution in [1.82, 2.24) is 29.6 Å². The number of aryl methyl sites for hydroxylation is 1. The zero-order valence-corrected chi connectivity index (χ0v) is 18.8. The standard InChI is InChI=1S/C24H26N8O/c1-16-23(20(14-25)29-28-16)24-17(7-12-33)3-6-22(27-24)32-15-26-19-13-18(4-5-21(19)32)31-10-8-30(2)9-11-31/h3-6,13,15,33H,7-12H2,1-2H3,(H,28,29). The molecule has 1 aliphatic heterocycles. The van der Waals surface area contributed by atoms with Crippen LogP contribution in [0.2, 0.25) is 0 Å². The third-order valence-corrected chi connectivity index (χ3v) is 6.28. The number of rotatable bonds is 5. The number of likely N-dealkylation sites (N-methyl/N-ethyl adjacent to an activating group) is 1. The van der Waals surface area contributed by atoms with Crippen LogP contribution in [0.3, 0.4) is 0 Å². The maximum absolute atomic E-state index is 9.54. The van der Waals surface area contributed by atoms with Crippen LogP contribution in [0.5, 0.6) is 0 Å². The first kappa shape index (κ1) is 21.1. The summed E-state index contributed by atoms with van der Waals surface area (Å²) in [6.07, 6.45) is 2.22. The molecular formula is C24H26N8O. The lowest BCUT2D eigenvalue weighted by atomic mass is 10.0. The van der Waals surface area contributed by atoms with Gasteiger partial charge in [0.15, 0.2) is 5.69 Å². The average Bonchev–Trinajstić information content (AvgIpc) is 3.43. The van der Waals surface area contributed by atoms with E-state index in [0.29, 0.717) is 29.2 Å². The van der Waals surface area contributed by atoms with E-state index in [1.807, 2.05) is 23.6 Å². The summed E-state index contributed by atoms with van der Waals surface area (Å²) in [5, 5.41) is 26.0. The number of imidazole rings is 1. The van der Waals surface area contributed by atoms with E-state index in [1.165, 1.54) is 5.69 Å². The van der Waals surface area contributed by atoms with E-state index in [4.69, 9.17) is 4.98 Å². The predicted octanol–water partition coefficient (Wildman–Crippen LogP) is 2.28. The molecule has 9 nitrogen and oxygen atoms in total. The predicted molar refractivity (Wildman–Crippen MR) is 126 cm³/mol. The van der Waals surface area contributed by atoms with Crippen molar-refractivity contribution in [3.8, 4) is 23.1 Å². The van der Waals surface area contributed by atoms with Crippen LogP contribution < -0.4 is 4.90 Å². The lowest BCUT2D eigenvalue weighted by Gasteiger charge is -2.34. The summed E-state index contributed by atoms with van der Waals surface area (Å²) in [4.78, 5) is 14.3. The third kappa shape index (κ3) is 3.84. The molecule has 1 aromatic carbocycles. The first-order chi connectivity index (χ1) is 16.1. The smallest absolute Gasteiger partial charge is 0.171 e. The van der Waals surface area contributed by atoms with Gasteiger partial charge in [-0.2, -0.15) is 10.4 Å². The fraction of sp³-hybridized carbons (Fsp3) is 0.333. The van der Waals surface area contributed by atoms with Gasteiger partial charge in [-0.1, -0.05) is 6.07 Å². The molecule has 4 aromatic rings. The molecule has 1 saturated heterocycles. The number of hydrogen-bond acceptors (Lipinski definition) is 7. The normalized spacial score (nSPS) is 14.7. The van der Waals surface area contributed by atoms with E-state index in [1.54, 1.807) is 6.33 Å². The molecule has 0 radical (unpaired) electrons. The number of fused-ring (bicyclic) bond motifs is 1. The molecule has 0 atom stereocenters. The van der Waals surface area contributed by atoms with Crippen molar-refractivity contribution in [3.05, 3.63) is 53.6 Å². The molecular weight excluding hydrogens is 416 g/mol. The van der Waals surface area contributed by atoms with Crippen LogP contribution in [0.1, 0.15) is 17.0 Å². The first-order valence-corrected chi connectivity index (χ1v) is 11.1. The highest BCUT2D eigenvalue weighted by molar-refractivity contribution is 5.81. The summed E-state index contributed by atoms with van der Waals surface area (Å²) in [7, 11) is 2.15. The quantitative estimate of drug-likeness (QED) is 0.488. The first-order valence-electron chi connectivity index (χ1n) is 11.1. The van der Waals surface area contributed by atoms with Gasteiger partial charge in [0.1, 0.15) is 18.2 Å². The Kier molecular flexibility index (Phi) is 5.54. The van der Waals surface area contributed by atoms with Crippen LogP contribution in [-0.4, -0.2) is 74.6 Å². The molecule has 9 heteroatoms. The second-order valence-electron chi connectivity index (χ2n) is 8.41. The lowest BCUT2D eigenvalue weighted by molar-refractivity contribution is 0.299.